The van der Waals surface area contributed by atoms with Gasteiger partial charge in [-0.15, -0.1) is 0 Å². The first-order valence-corrected chi connectivity index (χ1v) is 7.97. The van der Waals surface area contributed by atoms with Crippen molar-refractivity contribution < 1.29 is 19.0 Å². The van der Waals surface area contributed by atoms with Gasteiger partial charge in [0.15, 0.2) is 12.0 Å². The Balaban J connectivity index is 2.22. The van der Waals surface area contributed by atoms with Gasteiger partial charge in [-0.1, -0.05) is 24.3 Å². The van der Waals surface area contributed by atoms with Crippen molar-refractivity contribution in [2.24, 2.45) is 0 Å². The molecule has 0 spiro atoms. The van der Waals surface area contributed by atoms with Gasteiger partial charge in [0.2, 0.25) is 0 Å². The first kappa shape index (κ1) is 17.3. The van der Waals surface area contributed by atoms with Crippen molar-refractivity contribution in [2.75, 3.05) is 31.5 Å². The van der Waals surface area contributed by atoms with E-state index in [9.17, 15) is 4.79 Å². The van der Waals surface area contributed by atoms with Gasteiger partial charge in [-0.05, 0) is 31.2 Å². The van der Waals surface area contributed by atoms with Gasteiger partial charge in [-0.3, -0.25) is 9.69 Å². The highest BCUT2D eigenvalue weighted by Gasteiger charge is 2.49. The molecule has 0 fully saturated rings. The molecule has 0 saturated heterocycles. The van der Waals surface area contributed by atoms with Gasteiger partial charge >= 0.3 is 0 Å². The van der Waals surface area contributed by atoms with E-state index >= 15 is 0 Å². The van der Waals surface area contributed by atoms with E-state index in [0.29, 0.717) is 17.0 Å². The fourth-order valence-corrected chi connectivity index (χ4v) is 3.33. The Hall–Kier alpha value is -2.57. The lowest BCUT2D eigenvalue weighted by Gasteiger charge is -2.48. The molecule has 6 nitrogen and oxygen atoms in total. The predicted molar refractivity (Wildman–Crippen MR) is 96.1 cm³/mol. The van der Waals surface area contributed by atoms with Crippen LogP contribution in [-0.4, -0.2) is 39.2 Å². The molecule has 1 heterocycles. The highest BCUT2D eigenvalue weighted by atomic mass is 16.7. The second-order valence-electron chi connectivity index (χ2n) is 5.93. The van der Waals surface area contributed by atoms with Gasteiger partial charge in [-0.2, -0.15) is 0 Å². The molecular formula is C19H22N2O4. The monoisotopic (exact) mass is 342 g/mol. The van der Waals surface area contributed by atoms with Gasteiger partial charge in [-0.25, -0.2) is 0 Å². The van der Waals surface area contributed by atoms with E-state index in [1.807, 2.05) is 49.4 Å². The predicted octanol–water partition coefficient (Wildman–Crippen LogP) is 3.10. The van der Waals surface area contributed by atoms with Crippen molar-refractivity contribution >= 4 is 17.3 Å². The van der Waals surface area contributed by atoms with Crippen LogP contribution in [0, 0.1) is 0 Å². The molecule has 2 aromatic rings. The number of methoxy groups -OCH3 is 3. The molecule has 1 aliphatic heterocycles. The van der Waals surface area contributed by atoms with E-state index in [0.717, 1.165) is 5.69 Å². The summed E-state index contributed by atoms with van der Waals surface area (Å²) in [6, 6.07) is 14.8. The summed E-state index contributed by atoms with van der Waals surface area (Å²) in [7, 11) is 4.68. The molecule has 0 aliphatic carbocycles. The van der Waals surface area contributed by atoms with Crippen molar-refractivity contribution in [1.82, 2.24) is 0 Å². The maximum atomic E-state index is 13.4. The Morgan fingerprint density at radius 2 is 1.64 bits per heavy atom. The second-order valence-corrected chi connectivity index (χ2v) is 5.93. The number of nitrogens with one attached hydrogen (secondary N) is 1. The van der Waals surface area contributed by atoms with Crippen molar-refractivity contribution in [3.63, 3.8) is 0 Å². The number of nitrogens with zero attached hydrogens (tertiary/aromatic N) is 1. The smallest absolute Gasteiger partial charge is 0.262 e. The zero-order chi connectivity index (χ0) is 18.0. The molecule has 2 aromatic carbocycles. The number of carbonyl (C=O) groups excluding carboxylic acids is 1. The largest absolute Gasteiger partial charge is 0.495 e. The summed E-state index contributed by atoms with van der Waals surface area (Å²) in [5.41, 5.74) is 0.986. The first-order valence-electron chi connectivity index (χ1n) is 7.97. The van der Waals surface area contributed by atoms with Crippen LogP contribution in [0.1, 0.15) is 17.3 Å². The van der Waals surface area contributed by atoms with Crippen LogP contribution in [0.5, 0.6) is 5.75 Å². The minimum Gasteiger partial charge on any atom is -0.495 e. The van der Waals surface area contributed by atoms with E-state index in [-0.39, 0.29) is 5.91 Å². The average molecular weight is 342 g/mol. The number of hydrogen-bond acceptors (Lipinski definition) is 5. The molecule has 3 rings (SSSR count). The van der Waals surface area contributed by atoms with Crippen molar-refractivity contribution in [3.05, 3.63) is 54.1 Å². The standard InChI is InChI=1S/C19H22N2O4/c1-19(18(24-3)25-4)20-14-10-6-5-9-13(14)17(22)21(19)15-11-7-8-12-16(15)23-2/h5-12,18,20H,1-4H3/t19-/m1/s1. The van der Waals surface area contributed by atoms with E-state index in [1.165, 1.54) is 0 Å². The van der Waals surface area contributed by atoms with Gasteiger partial charge in [0.1, 0.15) is 5.75 Å². The van der Waals surface area contributed by atoms with Gasteiger partial charge < -0.3 is 19.5 Å². The summed E-state index contributed by atoms with van der Waals surface area (Å²) in [6.07, 6.45) is -0.699. The molecular weight excluding hydrogens is 320 g/mol. The average Bonchev–Trinajstić information content (AvgIpc) is 2.63. The Kier molecular flexibility index (Phi) is 4.65. The molecule has 1 N–H and O–H groups in total. The minimum absolute atomic E-state index is 0.152. The van der Waals surface area contributed by atoms with Crippen LogP contribution in [0.3, 0.4) is 0 Å². The molecule has 132 valence electrons. The van der Waals surface area contributed by atoms with E-state index in [2.05, 4.69) is 5.32 Å². The van der Waals surface area contributed by atoms with Crippen LogP contribution in [0.25, 0.3) is 0 Å². The molecule has 0 saturated carbocycles. The molecule has 0 radical (unpaired) electrons. The fraction of sp³-hybridized carbons (Fsp3) is 0.316. The Morgan fingerprint density at radius 3 is 2.32 bits per heavy atom. The third-order valence-corrected chi connectivity index (χ3v) is 4.43. The zero-order valence-electron chi connectivity index (χ0n) is 14.8. The SMILES string of the molecule is COc1ccccc1N1C(=O)c2ccccc2N[C@@]1(C)C(OC)OC. The maximum Gasteiger partial charge on any atom is 0.262 e. The van der Waals surface area contributed by atoms with Gasteiger partial charge in [0, 0.05) is 19.9 Å². The summed E-state index contributed by atoms with van der Waals surface area (Å²) in [5, 5.41) is 3.41. The van der Waals surface area contributed by atoms with Crippen LogP contribution in [0.4, 0.5) is 11.4 Å². The molecule has 0 unspecified atom stereocenters. The molecule has 0 bridgehead atoms. The second kappa shape index (κ2) is 6.74. The van der Waals surface area contributed by atoms with Crippen LogP contribution in [0.2, 0.25) is 0 Å². The number of ether oxygens (including phenoxy) is 3. The van der Waals surface area contributed by atoms with E-state index in [4.69, 9.17) is 14.2 Å². The Morgan fingerprint density at radius 1 is 1.00 bits per heavy atom. The minimum atomic E-state index is -0.969. The number of rotatable bonds is 5. The molecule has 1 amide bonds. The van der Waals surface area contributed by atoms with Gasteiger partial charge in [0.25, 0.3) is 5.91 Å². The number of benzene rings is 2. The number of amides is 1. The third-order valence-electron chi connectivity index (χ3n) is 4.43. The summed E-state index contributed by atoms with van der Waals surface area (Å²) in [6.45, 7) is 1.87. The van der Waals surface area contributed by atoms with E-state index in [1.54, 1.807) is 32.3 Å². The zero-order valence-corrected chi connectivity index (χ0v) is 14.8. The molecule has 1 aliphatic rings. The molecule has 6 heteroatoms. The van der Waals surface area contributed by atoms with E-state index < -0.39 is 12.0 Å². The van der Waals surface area contributed by atoms with Crippen molar-refractivity contribution in [3.8, 4) is 5.75 Å². The number of carbonyl (C=O) groups is 1. The summed E-state index contributed by atoms with van der Waals surface area (Å²) < 4.78 is 16.5. The molecule has 0 aromatic heterocycles. The van der Waals surface area contributed by atoms with Crippen molar-refractivity contribution in [2.45, 2.75) is 18.9 Å². The maximum absolute atomic E-state index is 13.4. The Bertz CT molecular complexity index is 776. The lowest BCUT2D eigenvalue weighted by molar-refractivity contribution is -0.135. The van der Waals surface area contributed by atoms with Crippen LogP contribution in [-0.2, 0) is 9.47 Å². The lowest BCUT2D eigenvalue weighted by atomic mass is 9.98. The summed E-state index contributed by atoms with van der Waals surface area (Å²) >= 11 is 0. The topological polar surface area (TPSA) is 60.0 Å². The van der Waals surface area contributed by atoms with Crippen molar-refractivity contribution in [1.29, 1.82) is 0 Å². The highest BCUT2D eigenvalue weighted by Crippen LogP contribution is 2.41. The van der Waals surface area contributed by atoms with Crippen LogP contribution >= 0.6 is 0 Å². The number of para-hydroxylation sites is 3. The lowest BCUT2D eigenvalue weighted by Crippen LogP contribution is -2.65. The highest BCUT2D eigenvalue weighted by molar-refractivity contribution is 6.13. The Labute approximate surface area is 147 Å². The van der Waals surface area contributed by atoms with Gasteiger partial charge in [0.05, 0.1) is 18.4 Å². The fourth-order valence-electron chi connectivity index (χ4n) is 3.33. The number of fused-ring (bicyclic) bond motifs is 1. The number of anilines is 2. The quantitative estimate of drug-likeness (QED) is 0.846. The normalized spacial score (nSPS) is 19.6. The molecule has 1 atom stereocenters. The first-order chi connectivity index (χ1) is 12.1. The summed E-state index contributed by atoms with van der Waals surface area (Å²) in [4.78, 5) is 15.0. The van der Waals surface area contributed by atoms with Crippen LogP contribution in [0.15, 0.2) is 48.5 Å². The summed E-state index contributed by atoms with van der Waals surface area (Å²) in [5.74, 6) is 0.440. The number of hydrogen-bond donors (Lipinski definition) is 1. The third kappa shape index (κ3) is 2.73. The molecule has 25 heavy (non-hydrogen) atoms. The van der Waals surface area contributed by atoms with Crippen LogP contribution < -0.4 is 15.0 Å².